The van der Waals surface area contributed by atoms with E-state index in [1.165, 1.54) is 0 Å². The van der Waals surface area contributed by atoms with Gasteiger partial charge in [-0.05, 0) is 46.0 Å². The van der Waals surface area contributed by atoms with Crippen LogP contribution < -0.4 is 0 Å². The molecule has 3 amide bonds. The molecular weight excluding hydrogens is 316 g/mol. The van der Waals surface area contributed by atoms with Crippen LogP contribution in [0, 0.1) is 0 Å². The Morgan fingerprint density at radius 3 is 2.48 bits per heavy atom. The summed E-state index contributed by atoms with van der Waals surface area (Å²) in [5, 5.41) is 0. The minimum Gasteiger partial charge on any atom is -0.325 e. The molecule has 0 aliphatic carbocycles. The average molecular weight is 348 g/mol. The van der Waals surface area contributed by atoms with Crippen molar-refractivity contribution in [1.29, 1.82) is 0 Å². The van der Waals surface area contributed by atoms with Gasteiger partial charge in [-0.2, -0.15) is 0 Å². The first-order valence-corrected chi connectivity index (χ1v) is 9.95. The van der Waals surface area contributed by atoms with Crippen LogP contribution in [0.2, 0.25) is 0 Å². The van der Waals surface area contributed by atoms with Crippen molar-refractivity contribution in [3.63, 3.8) is 0 Å². The number of carbonyl (C=O) groups is 2. The van der Waals surface area contributed by atoms with Crippen molar-refractivity contribution >= 4 is 17.8 Å². The van der Waals surface area contributed by atoms with E-state index < -0.39 is 5.54 Å². The van der Waals surface area contributed by atoms with Gasteiger partial charge in [0.2, 0.25) is 0 Å². The largest absolute Gasteiger partial charge is 0.325 e. The fourth-order valence-corrected chi connectivity index (χ4v) is 4.31. The lowest BCUT2D eigenvalue weighted by atomic mass is 9.89. The molecule has 6 nitrogen and oxygen atoms in total. The Balaban J connectivity index is 1.80. The van der Waals surface area contributed by atoms with Crippen LogP contribution in [0.25, 0.3) is 0 Å². The van der Waals surface area contributed by atoms with Crippen molar-refractivity contribution in [1.82, 2.24) is 14.7 Å². The number of piperidine rings is 1. The molecule has 0 aromatic carbocycles. The van der Waals surface area contributed by atoms with E-state index in [2.05, 4.69) is 6.92 Å². The summed E-state index contributed by atoms with van der Waals surface area (Å²) in [5.74, 6) is 1.03. The number of unbranched alkanes of at least 4 members (excludes halogenated alkanes) is 1. The summed E-state index contributed by atoms with van der Waals surface area (Å²) in [6, 6.07) is 0.213. The van der Waals surface area contributed by atoms with E-state index in [9.17, 15) is 9.59 Å². The van der Waals surface area contributed by atoms with Gasteiger partial charge < -0.3 is 9.80 Å². The highest BCUT2D eigenvalue weighted by Gasteiger charge is 2.51. The number of aliphatic imine (C=N–C) groups is 1. The van der Waals surface area contributed by atoms with Crippen molar-refractivity contribution in [2.24, 2.45) is 4.99 Å². The van der Waals surface area contributed by atoms with E-state index in [1.807, 2.05) is 28.5 Å². The van der Waals surface area contributed by atoms with Crippen LogP contribution in [-0.4, -0.2) is 70.2 Å². The molecule has 6 heteroatoms. The summed E-state index contributed by atoms with van der Waals surface area (Å²) in [6.45, 7) is 9.14. The van der Waals surface area contributed by atoms with Crippen molar-refractivity contribution in [2.75, 3.05) is 26.2 Å². The van der Waals surface area contributed by atoms with Gasteiger partial charge in [-0.1, -0.05) is 13.3 Å². The quantitative estimate of drug-likeness (QED) is 0.784. The van der Waals surface area contributed by atoms with Crippen molar-refractivity contribution < 1.29 is 9.59 Å². The first-order valence-electron chi connectivity index (χ1n) is 9.95. The number of carbonyl (C=O) groups excluding carboxylic acids is 2. The normalized spacial score (nSPS) is 27.0. The van der Waals surface area contributed by atoms with Crippen molar-refractivity contribution in [3.8, 4) is 0 Å². The van der Waals surface area contributed by atoms with Gasteiger partial charge in [0.15, 0.2) is 5.54 Å². The van der Waals surface area contributed by atoms with Crippen LogP contribution in [0.1, 0.15) is 65.7 Å². The Morgan fingerprint density at radius 2 is 1.84 bits per heavy atom. The zero-order chi connectivity index (χ0) is 18.0. The summed E-state index contributed by atoms with van der Waals surface area (Å²) >= 11 is 0. The Labute approximate surface area is 151 Å². The third-order valence-corrected chi connectivity index (χ3v) is 5.63. The Kier molecular flexibility index (Phi) is 5.35. The molecule has 3 aliphatic heterocycles. The smallest absolute Gasteiger partial charge is 0.320 e. The molecule has 3 heterocycles. The van der Waals surface area contributed by atoms with Crippen LogP contribution in [0.4, 0.5) is 4.79 Å². The maximum Gasteiger partial charge on any atom is 0.320 e. The van der Waals surface area contributed by atoms with E-state index >= 15 is 0 Å². The molecule has 1 unspecified atom stereocenters. The fourth-order valence-electron chi connectivity index (χ4n) is 4.31. The summed E-state index contributed by atoms with van der Waals surface area (Å²) in [6.07, 6.45) is 6.76. The van der Waals surface area contributed by atoms with Crippen LogP contribution >= 0.6 is 0 Å². The lowest BCUT2D eigenvalue weighted by Gasteiger charge is -2.39. The molecule has 25 heavy (non-hydrogen) atoms. The minimum absolute atomic E-state index is 0.0951. The third-order valence-electron chi connectivity index (χ3n) is 5.63. The van der Waals surface area contributed by atoms with Crippen LogP contribution in [0.5, 0.6) is 0 Å². The molecule has 0 N–H and O–H groups in total. The van der Waals surface area contributed by atoms with Crippen molar-refractivity contribution in [2.45, 2.75) is 77.3 Å². The number of hydrogen-bond donors (Lipinski definition) is 0. The third kappa shape index (κ3) is 3.40. The second-order valence-corrected chi connectivity index (χ2v) is 7.93. The zero-order valence-electron chi connectivity index (χ0n) is 16.0. The first-order chi connectivity index (χ1) is 12.0. The zero-order valence-corrected chi connectivity index (χ0v) is 16.0. The molecule has 1 spiro atoms. The molecule has 0 aromatic heterocycles. The van der Waals surface area contributed by atoms with Gasteiger partial charge in [-0.25, -0.2) is 4.79 Å². The Bertz CT molecular complexity index is 554. The number of urea groups is 1. The number of likely N-dealkylation sites (tertiary alicyclic amines) is 2. The highest BCUT2D eigenvalue weighted by molar-refractivity contribution is 6.09. The molecule has 0 radical (unpaired) electrons. The second kappa shape index (κ2) is 7.34. The molecule has 0 saturated carbocycles. The average Bonchev–Trinajstić information content (AvgIpc) is 3.20. The van der Waals surface area contributed by atoms with Gasteiger partial charge in [-0.3, -0.25) is 14.7 Å². The Morgan fingerprint density at radius 1 is 1.16 bits per heavy atom. The minimum atomic E-state index is -0.735. The maximum absolute atomic E-state index is 13.2. The van der Waals surface area contributed by atoms with Gasteiger partial charge in [0.1, 0.15) is 5.84 Å². The molecule has 1 atom stereocenters. The number of rotatable bonds is 4. The number of amidine groups is 1. The Hall–Kier alpha value is -1.59. The van der Waals surface area contributed by atoms with Gasteiger partial charge in [0, 0.05) is 32.1 Å². The monoisotopic (exact) mass is 348 g/mol. The molecule has 0 aromatic rings. The SMILES string of the molecule is CCCCC1=NC2(CCCN(C(=O)N3CCCC3)C2)C(=O)N1C(C)C. The molecule has 3 aliphatic rings. The number of hydrogen-bond acceptors (Lipinski definition) is 3. The van der Waals surface area contributed by atoms with Crippen LogP contribution in [0.3, 0.4) is 0 Å². The van der Waals surface area contributed by atoms with Crippen LogP contribution in [0.15, 0.2) is 4.99 Å². The standard InChI is InChI=1S/C19H32N4O2/c1-4-5-9-16-20-19(17(24)23(16)15(2)3)10-8-13-22(14-19)18(25)21-11-6-7-12-21/h15H,4-14H2,1-3H3. The van der Waals surface area contributed by atoms with E-state index in [4.69, 9.17) is 4.99 Å². The summed E-state index contributed by atoms with van der Waals surface area (Å²) in [5.41, 5.74) is -0.735. The summed E-state index contributed by atoms with van der Waals surface area (Å²) < 4.78 is 0. The fraction of sp³-hybridized carbons (Fsp3) is 0.842. The van der Waals surface area contributed by atoms with Gasteiger partial charge >= 0.3 is 6.03 Å². The number of nitrogens with zero attached hydrogens (tertiary/aromatic N) is 4. The highest BCUT2D eigenvalue weighted by atomic mass is 16.2. The van der Waals surface area contributed by atoms with Gasteiger partial charge in [0.05, 0.1) is 6.54 Å². The van der Waals surface area contributed by atoms with Gasteiger partial charge in [-0.15, -0.1) is 0 Å². The molecular formula is C19H32N4O2. The van der Waals surface area contributed by atoms with E-state index in [-0.39, 0.29) is 18.0 Å². The summed E-state index contributed by atoms with van der Waals surface area (Å²) in [4.78, 5) is 36.7. The van der Waals surface area contributed by atoms with Gasteiger partial charge in [0.25, 0.3) is 5.91 Å². The van der Waals surface area contributed by atoms with E-state index in [1.54, 1.807) is 0 Å². The predicted octanol–water partition coefficient (Wildman–Crippen LogP) is 2.88. The molecule has 2 fully saturated rings. The second-order valence-electron chi connectivity index (χ2n) is 7.93. The topological polar surface area (TPSA) is 56.2 Å². The summed E-state index contributed by atoms with van der Waals surface area (Å²) in [7, 11) is 0. The molecule has 3 rings (SSSR count). The first kappa shape index (κ1) is 18.2. The maximum atomic E-state index is 13.2. The molecule has 140 valence electrons. The van der Waals surface area contributed by atoms with E-state index in [0.717, 1.165) is 70.4 Å². The highest BCUT2D eigenvalue weighted by Crippen LogP contribution is 2.35. The van der Waals surface area contributed by atoms with E-state index in [0.29, 0.717) is 6.54 Å². The van der Waals surface area contributed by atoms with Crippen molar-refractivity contribution in [3.05, 3.63) is 0 Å². The van der Waals surface area contributed by atoms with Crippen LogP contribution in [-0.2, 0) is 4.79 Å². The predicted molar refractivity (Wildman–Crippen MR) is 98.7 cm³/mol. The molecule has 2 saturated heterocycles. The lowest BCUT2D eigenvalue weighted by Crippen LogP contribution is -2.57. The number of amides is 3. The molecule has 0 bridgehead atoms. The lowest BCUT2D eigenvalue weighted by molar-refractivity contribution is -0.133.